The Morgan fingerprint density at radius 2 is 1.96 bits per heavy atom. The van der Waals surface area contributed by atoms with E-state index in [9.17, 15) is 9.59 Å². The van der Waals surface area contributed by atoms with Crippen molar-refractivity contribution in [3.63, 3.8) is 0 Å². The Labute approximate surface area is 152 Å². The summed E-state index contributed by atoms with van der Waals surface area (Å²) in [4.78, 5) is 24.5. The third kappa shape index (κ3) is 3.07. The number of hydrogen-bond acceptors (Lipinski definition) is 5. The SMILES string of the molecule is CCOC(=O)c1cn2c(cc1=O)-c1cc(OCC)c(OC)cc1CC2C. The van der Waals surface area contributed by atoms with E-state index in [4.69, 9.17) is 14.2 Å². The van der Waals surface area contributed by atoms with Crippen LogP contribution in [0.4, 0.5) is 0 Å². The normalized spacial score (nSPS) is 15.0. The first kappa shape index (κ1) is 18.0. The van der Waals surface area contributed by atoms with Gasteiger partial charge in [-0.25, -0.2) is 4.79 Å². The number of esters is 1. The highest BCUT2D eigenvalue weighted by Gasteiger charge is 2.26. The van der Waals surface area contributed by atoms with Crippen LogP contribution in [0.3, 0.4) is 0 Å². The Hall–Kier alpha value is -2.76. The van der Waals surface area contributed by atoms with Gasteiger partial charge in [0.05, 0.1) is 26.0 Å². The molecule has 1 aromatic carbocycles. The Kier molecular flexibility index (Phi) is 5.02. The van der Waals surface area contributed by atoms with Gasteiger partial charge in [-0.3, -0.25) is 4.79 Å². The molecule has 1 aliphatic heterocycles. The van der Waals surface area contributed by atoms with Crippen LogP contribution >= 0.6 is 0 Å². The number of ether oxygens (including phenoxy) is 3. The summed E-state index contributed by atoms with van der Waals surface area (Å²) in [5, 5.41) is 0. The molecule has 26 heavy (non-hydrogen) atoms. The van der Waals surface area contributed by atoms with Crippen molar-refractivity contribution in [2.45, 2.75) is 33.2 Å². The minimum absolute atomic E-state index is 0.0597. The van der Waals surface area contributed by atoms with E-state index in [2.05, 4.69) is 6.92 Å². The predicted molar refractivity (Wildman–Crippen MR) is 98.2 cm³/mol. The van der Waals surface area contributed by atoms with Crippen molar-refractivity contribution in [1.29, 1.82) is 0 Å². The smallest absolute Gasteiger partial charge is 0.343 e. The first-order valence-electron chi connectivity index (χ1n) is 8.77. The summed E-state index contributed by atoms with van der Waals surface area (Å²) in [6.45, 7) is 6.42. The fourth-order valence-corrected chi connectivity index (χ4v) is 3.35. The molecule has 3 rings (SSSR count). The van der Waals surface area contributed by atoms with E-state index in [1.54, 1.807) is 20.2 Å². The van der Waals surface area contributed by atoms with E-state index in [0.29, 0.717) is 18.1 Å². The molecule has 0 radical (unpaired) electrons. The van der Waals surface area contributed by atoms with Crippen molar-refractivity contribution < 1.29 is 19.0 Å². The third-order valence-corrected chi connectivity index (χ3v) is 4.53. The third-order valence-electron chi connectivity index (χ3n) is 4.53. The zero-order valence-corrected chi connectivity index (χ0v) is 15.5. The van der Waals surface area contributed by atoms with E-state index in [1.807, 2.05) is 23.6 Å². The highest BCUT2D eigenvalue weighted by molar-refractivity contribution is 5.89. The topological polar surface area (TPSA) is 66.8 Å². The number of pyridine rings is 1. The lowest BCUT2D eigenvalue weighted by Crippen LogP contribution is -2.25. The average molecular weight is 357 g/mol. The number of methoxy groups -OCH3 is 1. The molecular formula is C20H23NO5. The zero-order valence-electron chi connectivity index (χ0n) is 15.5. The molecule has 138 valence electrons. The van der Waals surface area contributed by atoms with Gasteiger partial charge in [-0.2, -0.15) is 0 Å². The number of nitrogens with zero attached hydrogens (tertiary/aromatic N) is 1. The molecule has 0 saturated carbocycles. The lowest BCUT2D eigenvalue weighted by Gasteiger charge is -2.29. The molecule has 0 bridgehead atoms. The molecule has 0 amide bonds. The van der Waals surface area contributed by atoms with Crippen LogP contribution in [0.2, 0.25) is 0 Å². The Bertz CT molecular complexity index is 900. The van der Waals surface area contributed by atoms with E-state index >= 15 is 0 Å². The molecule has 1 atom stereocenters. The molecule has 1 aliphatic rings. The van der Waals surface area contributed by atoms with Crippen LogP contribution in [0.25, 0.3) is 11.3 Å². The van der Waals surface area contributed by atoms with E-state index in [0.717, 1.165) is 23.2 Å². The Morgan fingerprint density at radius 3 is 2.62 bits per heavy atom. The van der Waals surface area contributed by atoms with Crippen molar-refractivity contribution in [3.8, 4) is 22.8 Å². The molecule has 1 unspecified atom stereocenters. The maximum absolute atomic E-state index is 12.5. The number of fused-ring (bicyclic) bond motifs is 3. The fourth-order valence-electron chi connectivity index (χ4n) is 3.35. The molecule has 6 heteroatoms. The summed E-state index contributed by atoms with van der Waals surface area (Å²) in [5.74, 6) is 0.726. The van der Waals surface area contributed by atoms with Gasteiger partial charge in [0.2, 0.25) is 0 Å². The summed E-state index contributed by atoms with van der Waals surface area (Å²) < 4.78 is 18.1. The molecule has 2 heterocycles. The van der Waals surface area contributed by atoms with Gasteiger partial charge in [0.1, 0.15) is 5.56 Å². The van der Waals surface area contributed by atoms with Gasteiger partial charge >= 0.3 is 5.97 Å². The predicted octanol–water partition coefficient (Wildman–Crippen LogP) is 3.22. The van der Waals surface area contributed by atoms with Crippen LogP contribution in [0.5, 0.6) is 11.5 Å². The molecule has 0 N–H and O–H groups in total. The lowest BCUT2D eigenvalue weighted by molar-refractivity contribution is 0.0523. The maximum Gasteiger partial charge on any atom is 0.343 e. The lowest BCUT2D eigenvalue weighted by atomic mass is 9.92. The van der Waals surface area contributed by atoms with Crippen LogP contribution in [0.1, 0.15) is 42.7 Å². The van der Waals surface area contributed by atoms with Gasteiger partial charge in [0.25, 0.3) is 0 Å². The minimum Gasteiger partial charge on any atom is -0.493 e. The van der Waals surface area contributed by atoms with E-state index < -0.39 is 5.97 Å². The summed E-state index contributed by atoms with van der Waals surface area (Å²) >= 11 is 0. The largest absolute Gasteiger partial charge is 0.493 e. The zero-order chi connectivity index (χ0) is 18.8. The summed E-state index contributed by atoms with van der Waals surface area (Å²) in [6, 6.07) is 5.46. The van der Waals surface area contributed by atoms with Crippen LogP contribution in [0, 0.1) is 0 Å². The van der Waals surface area contributed by atoms with Crippen molar-refractivity contribution >= 4 is 5.97 Å². The van der Waals surface area contributed by atoms with E-state index in [-0.39, 0.29) is 23.6 Å². The second-order valence-electron chi connectivity index (χ2n) is 6.21. The molecular weight excluding hydrogens is 334 g/mol. The van der Waals surface area contributed by atoms with Gasteiger partial charge < -0.3 is 18.8 Å². The average Bonchev–Trinajstić information content (AvgIpc) is 2.62. The van der Waals surface area contributed by atoms with Crippen LogP contribution < -0.4 is 14.9 Å². The van der Waals surface area contributed by atoms with Crippen LogP contribution in [-0.4, -0.2) is 30.9 Å². The van der Waals surface area contributed by atoms with Gasteiger partial charge in [-0.05, 0) is 44.9 Å². The second kappa shape index (κ2) is 7.23. The number of rotatable bonds is 5. The maximum atomic E-state index is 12.5. The standard InChI is InChI=1S/C20H23NO5/c1-5-25-19-9-14-13(8-18(19)24-4)7-12(3)21-11-15(20(23)26-6-2)17(22)10-16(14)21/h8-12H,5-7H2,1-4H3. The molecule has 0 aliphatic carbocycles. The van der Waals surface area contributed by atoms with Crippen molar-refractivity contribution in [3.05, 3.63) is 45.7 Å². The summed E-state index contributed by atoms with van der Waals surface area (Å²) in [7, 11) is 1.61. The van der Waals surface area contributed by atoms with Gasteiger partial charge in [0.15, 0.2) is 16.9 Å². The number of carbonyl (C=O) groups is 1. The Balaban J connectivity index is 2.18. The molecule has 2 aromatic rings. The number of carbonyl (C=O) groups excluding carboxylic acids is 1. The molecule has 0 spiro atoms. The van der Waals surface area contributed by atoms with Crippen molar-refractivity contribution in [1.82, 2.24) is 4.57 Å². The van der Waals surface area contributed by atoms with Crippen LogP contribution in [0.15, 0.2) is 29.2 Å². The number of aromatic nitrogens is 1. The van der Waals surface area contributed by atoms with Gasteiger partial charge in [-0.1, -0.05) is 0 Å². The first-order chi connectivity index (χ1) is 12.5. The number of benzene rings is 1. The molecule has 0 fully saturated rings. The molecule has 1 aromatic heterocycles. The Morgan fingerprint density at radius 1 is 1.19 bits per heavy atom. The second-order valence-corrected chi connectivity index (χ2v) is 6.21. The fraction of sp³-hybridized carbons (Fsp3) is 0.400. The first-order valence-corrected chi connectivity index (χ1v) is 8.77. The van der Waals surface area contributed by atoms with Crippen molar-refractivity contribution in [2.75, 3.05) is 20.3 Å². The summed E-state index contributed by atoms with van der Waals surface area (Å²) in [5.41, 5.74) is 2.48. The quantitative estimate of drug-likeness (QED) is 0.769. The molecule has 0 saturated heterocycles. The number of hydrogen-bond donors (Lipinski definition) is 0. The molecule has 6 nitrogen and oxygen atoms in total. The van der Waals surface area contributed by atoms with Crippen LogP contribution in [-0.2, 0) is 11.2 Å². The monoisotopic (exact) mass is 357 g/mol. The minimum atomic E-state index is -0.587. The highest BCUT2D eigenvalue weighted by Crippen LogP contribution is 2.40. The summed E-state index contributed by atoms with van der Waals surface area (Å²) in [6.07, 6.45) is 2.37. The van der Waals surface area contributed by atoms with Gasteiger partial charge in [0, 0.05) is 23.9 Å². The van der Waals surface area contributed by atoms with Gasteiger partial charge in [-0.15, -0.1) is 0 Å². The van der Waals surface area contributed by atoms with E-state index in [1.165, 1.54) is 6.07 Å². The van der Waals surface area contributed by atoms with Crippen molar-refractivity contribution in [2.24, 2.45) is 0 Å². The highest BCUT2D eigenvalue weighted by atomic mass is 16.5.